The Morgan fingerprint density at radius 3 is 1.82 bits per heavy atom. The van der Waals surface area contributed by atoms with Crippen LogP contribution in [-0.2, 0) is 34.1 Å². The van der Waals surface area contributed by atoms with Crippen LogP contribution >= 0.6 is 0 Å². The van der Waals surface area contributed by atoms with Gasteiger partial charge in [-0.3, -0.25) is 5.43 Å². The zero-order chi connectivity index (χ0) is 25.3. The number of carbonyl (C=O) groups is 4. The van der Waals surface area contributed by atoms with Crippen LogP contribution in [0.1, 0.15) is 45.7 Å². The van der Waals surface area contributed by atoms with E-state index in [9.17, 15) is 19.2 Å². The molecule has 2 rings (SSSR count). The molecule has 0 aliphatic carbocycles. The molecule has 1 unspecified atom stereocenters. The summed E-state index contributed by atoms with van der Waals surface area (Å²) in [5, 5.41) is 4.15. The van der Waals surface area contributed by atoms with Crippen molar-refractivity contribution in [2.24, 2.45) is 5.10 Å². The molecule has 0 amide bonds. The van der Waals surface area contributed by atoms with E-state index in [0.717, 1.165) is 0 Å². The van der Waals surface area contributed by atoms with Crippen molar-refractivity contribution < 1.29 is 38.1 Å². The average molecular weight is 470 g/mol. The number of carbonyl (C=O) groups excluding carboxylic acids is 4. The van der Waals surface area contributed by atoms with Crippen molar-refractivity contribution in [3.8, 4) is 0 Å². The van der Waals surface area contributed by atoms with Gasteiger partial charge in [-0.25, -0.2) is 19.2 Å². The Balaban J connectivity index is 2.44. The van der Waals surface area contributed by atoms with Crippen molar-refractivity contribution in [3.05, 3.63) is 70.8 Å². The molecule has 10 heteroatoms. The Morgan fingerprint density at radius 2 is 1.32 bits per heavy atom. The summed E-state index contributed by atoms with van der Waals surface area (Å²) >= 11 is 0. The Bertz CT molecular complexity index is 1080. The van der Waals surface area contributed by atoms with Crippen LogP contribution in [0.4, 0.5) is 0 Å². The van der Waals surface area contributed by atoms with Crippen LogP contribution < -0.4 is 5.43 Å². The normalized spacial score (nSPS) is 12.7. The summed E-state index contributed by atoms with van der Waals surface area (Å²) in [5.74, 6) is -2.50. The van der Waals surface area contributed by atoms with Gasteiger partial charge in [0, 0.05) is 5.56 Å². The van der Waals surface area contributed by atoms with E-state index in [-0.39, 0.29) is 12.3 Å². The number of ether oxygens (including phenoxy) is 4. The summed E-state index contributed by atoms with van der Waals surface area (Å²) in [4.78, 5) is 48.7. The van der Waals surface area contributed by atoms with Gasteiger partial charge in [0.25, 0.3) is 0 Å². The van der Waals surface area contributed by atoms with Gasteiger partial charge in [-0.05, 0) is 43.7 Å². The lowest BCUT2D eigenvalue weighted by Gasteiger charge is -2.27. The first-order valence-electron chi connectivity index (χ1n) is 10.2. The van der Waals surface area contributed by atoms with Crippen molar-refractivity contribution in [2.45, 2.75) is 19.4 Å². The summed E-state index contributed by atoms with van der Waals surface area (Å²) < 4.78 is 19.4. The van der Waals surface area contributed by atoms with Gasteiger partial charge in [0.15, 0.2) is 11.3 Å². The van der Waals surface area contributed by atoms with Crippen LogP contribution in [0.25, 0.3) is 0 Å². The van der Waals surface area contributed by atoms with Crippen molar-refractivity contribution >= 4 is 29.6 Å². The molecule has 0 aliphatic rings. The van der Waals surface area contributed by atoms with E-state index in [1.54, 1.807) is 6.92 Å². The predicted octanol–water partition coefficient (Wildman–Crippen LogP) is 2.21. The Hall–Kier alpha value is -4.21. The molecular formula is C24H26N2O8. The summed E-state index contributed by atoms with van der Waals surface area (Å²) in [6.45, 7) is 3.43. The monoisotopic (exact) mass is 470 g/mol. The number of esters is 4. The van der Waals surface area contributed by atoms with Crippen LogP contribution in [-0.4, -0.2) is 57.5 Å². The van der Waals surface area contributed by atoms with E-state index in [1.165, 1.54) is 76.8 Å². The van der Waals surface area contributed by atoms with Gasteiger partial charge in [0.2, 0.25) is 0 Å². The third kappa shape index (κ3) is 5.77. The summed E-state index contributed by atoms with van der Waals surface area (Å²) in [7, 11) is 3.67. The molecule has 1 N–H and O–H groups in total. The predicted molar refractivity (Wildman–Crippen MR) is 121 cm³/mol. The molecule has 10 nitrogen and oxygen atoms in total. The molecule has 0 fully saturated rings. The second kappa shape index (κ2) is 11.6. The quantitative estimate of drug-likeness (QED) is 0.254. The summed E-state index contributed by atoms with van der Waals surface area (Å²) in [5.41, 5.74) is 2.38. The van der Waals surface area contributed by atoms with Gasteiger partial charge >= 0.3 is 23.9 Å². The molecule has 0 saturated carbocycles. The zero-order valence-electron chi connectivity index (χ0n) is 19.5. The zero-order valence-corrected chi connectivity index (χ0v) is 19.5. The first-order chi connectivity index (χ1) is 16.2. The third-order valence-corrected chi connectivity index (χ3v) is 4.92. The number of benzene rings is 2. The highest BCUT2D eigenvalue weighted by Gasteiger charge is 2.37. The van der Waals surface area contributed by atoms with Crippen LogP contribution in [0.2, 0.25) is 0 Å². The number of hydrogen-bond acceptors (Lipinski definition) is 10. The number of nitrogens with one attached hydrogen (secondary N) is 1. The minimum Gasteiger partial charge on any atom is -0.467 e. The number of rotatable bonds is 9. The van der Waals surface area contributed by atoms with Crippen molar-refractivity contribution in [3.63, 3.8) is 0 Å². The highest BCUT2D eigenvalue weighted by atomic mass is 16.5. The van der Waals surface area contributed by atoms with E-state index in [4.69, 9.17) is 14.2 Å². The maximum atomic E-state index is 12.7. The van der Waals surface area contributed by atoms with Crippen LogP contribution in [0.15, 0.2) is 53.6 Å². The topological polar surface area (TPSA) is 130 Å². The highest BCUT2D eigenvalue weighted by molar-refractivity contribution is 6.43. The van der Waals surface area contributed by atoms with E-state index < -0.39 is 29.4 Å². The second-order valence-corrected chi connectivity index (χ2v) is 7.05. The fourth-order valence-corrected chi connectivity index (χ4v) is 2.96. The molecule has 0 saturated heterocycles. The Labute approximate surface area is 196 Å². The molecule has 0 aromatic heterocycles. The lowest BCUT2D eigenvalue weighted by atomic mass is 9.92. The minimum atomic E-state index is -1.52. The van der Waals surface area contributed by atoms with Gasteiger partial charge in [0.1, 0.15) is 0 Å². The molecule has 34 heavy (non-hydrogen) atoms. The number of hydrogen-bond donors (Lipinski definition) is 1. The summed E-state index contributed by atoms with van der Waals surface area (Å²) in [6.07, 6.45) is 0. The van der Waals surface area contributed by atoms with Gasteiger partial charge in [0.05, 0.1) is 39.1 Å². The smallest absolute Gasteiger partial charge is 0.359 e. The van der Waals surface area contributed by atoms with E-state index in [1.807, 2.05) is 0 Å². The third-order valence-electron chi connectivity index (χ3n) is 4.92. The Kier molecular flexibility index (Phi) is 8.88. The first kappa shape index (κ1) is 26.0. The molecule has 2 aromatic rings. The number of nitrogens with zero attached hydrogens (tertiary/aromatic N) is 1. The lowest BCUT2D eigenvalue weighted by molar-refractivity contribution is -0.148. The van der Waals surface area contributed by atoms with Crippen LogP contribution in [0.3, 0.4) is 0 Å². The molecule has 0 radical (unpaired) electrons. The number of hydrazone groups is 1. The largest absolute Gasteiger partial charge is 0.467 e. The first-order valence-corrected chi connectivity index (χ1v) is 10.2. The van der Waals surface area contributed by atoms with E-state index in [2.05, 4.69) is 15.3 Å². The molecule has 0 aliphatic heterocycles. The van der Waals surface area contributed by atoms with Gasteiger partial charge in [-0.15, -0.1) is 0 Å². The molecule has 1 atom stereocenters. The SMILES string of the molecule is CCOC(=O)c1ccc(/C(=N/NC(C)(C(=O)OC)c2ccc(C(=O)OC)cc2)C(=O)OC)cc1. The number of methoxy groups -OCH3 is 3. The lowest BCUT2D eigenvalue weighted by Crippen LogP contribution is -2.45. The van der Waals surface area contributed by atoms with Crippen molar-refractivity contribution in [1.29, 1.82) is 0 Å². The molecule has 0 heterocycles. The fourth-order valence-electron chi connectivity index (χ4n) is 2.96. The van der Waals surface area contributed by atoms with Crippen LogP contribution in [0, 0.1) is 0 Å². The maximum Gasteiger partial charge on any atom is 0.359 e. The van der Waals surface area contributed by atoms with Gasteiger partial charge < -0.3 is 18.9 Å². The van der Waals surface area contributed by atoms with Gasteiger partial charge in [-0.2, -0.15) is 5.10 Å². The molecule has 180 valence electrons. The minimum absolute atomic E-state index is 0.140. The van der Waals surface area contributed by atoms with Crippen molar-refractivity contribution in [2.75, 3.05) is 27.9 Å². The van der Waals surface area contributed by atoms with Gasteiger partial charge in [-0.1, -0.05) is 24.3 Å². The molecule has 0 bridgehead atoms. The molecule has 0 spiro atoms. The standard InChI is InChI=1S/C24H26N2O8/c1-6-34-21(28)17-9-7-15(8-10-17)19(22(29)32-4)25-26-24(2,23(30)33-5)18-13-11-16(12-14-18)20(27)31-3/h7-14,26H,6H2,1-5H3/b25-19-. The summed E-state index contributed by atoms with van der Waals surface area (Å²) in [6, 6.07) is 12.0. The second-order valence-electron chi connectivity index (χ2n) is 7.05. The van der Waals surface area contributed by atoms with Crippen LogP contribution in [0.5, 0.6) is 0 Å². The highest BCUT2D eigenvalue weighted by Crippen LogP contribution is 2.24. The maximum absolute atomic E-state index is 12.7. The van der Waals surface area contributed by atoms with Crippen molar-refractivity contribution in [1.82, 2.24) is 5.43 Å². The molecule has 2 aromatic carbocycles. The van der Waals surface area contributed by atoms with E-state index in [0.29, 0.717) is 22.3 Å². The Morgan fingerprint density at radius 1 is 0.794 bits per heavy atom. The fraction of sp³-hybridized carbons (Fsp3) is 0.292. The molecular weight excluding hydrogens is 444 g/mol. The van der Waals surface area contributed by atoms with E-state index >= 15 is 0 Å². The average Bonchev–Trinajstić information content (AvgIpc) is 2.87.